The third-order valence-electron chi connectivity index (χ3n) is 4.57. The Kier molecular flexibility index (Phi) is 3.72. The van der Waals surface area contributed by atoms with E-state index in [2.05, 4.69) is 5.32 Å². The van der Waals surface area contributed by atoms with Crippen molar-refractivity contribution in [2.75, 3.05) is 29.9 Å². The predicted molar refractivity (Wildman–Crippen MR) is 93.7 cm³/mol. The third-order valence-corrected chi connectivity index (χ3v) is 4.57. The number of para-hydroxylation sites is 2. The highest BCUT2D eigenvalue weighted by Gasteiger charge is 2.34. The van der Waals surface area contributed by atoms with Crippen LogP contribution in [-0.4, -0.2) is 42.3 Å². The van der Waals surface area contributed by atoms with Gasteiger partial charge in [-0.2, -0.15) is 0 Å². The third kappa shape index (κ3) is 2.55. The number of carbonyl (C=O) groups excluding carboxylic acids is 3. The van der Waals surface area contributed by atoms with Crippen LogP contribution in [0.15, 0.2) is 48.5 Å². The van der Waals surface area contributed by atoms with Gasteiger partial charge in [0.15, 0.2) is 0 Å². The Labute approximate surface area is 145 Å². The molecule has 0 aromatic heterocycles. The molecule has 126 valence electrons. The van der Waals surface area contributed by atoms with Crippen LogP contribution >= 0.6 is 0 Å². The van der Waals surface area contributed by atoms with E-state index in [9.17, 15) is 14.4 Å². The monoisotopic (exact) mass is 335 g/mol. The molecule has 6 nitrogen and oxygen atoms in total. The average Bonchev–Trinajstić information content (AvgIpc) is 2.88. The first-order valence-corrected chi connectivity index (χ1v) is 8.25. The van der Waals surface area contributed by atoms with E-state index in [-0.39, 0.29) is 24.3 Å². The summed E-state index contributed by atoms with van der Waals surface area (Å²) in [5.41, 5.74) is 2.66. The molecule has 2 aromatic carbocycles. The normalized spacial score (nSPS) is 15.9. The highest BCUT2D eigenvalue weighted by atomic mass is 16.2. The largest absolute Gasteiger partial charge is 0.374 e. The van der Waals surface area contributed by atoms with Gasteiger partial charge in [0, 0.05) is 13.1 Å². The molecule has 25 heavy (non-hydrogen) atoms. The molecule has 0 atom stereocenters. The summed E-state index contributed by atoms with van der Waals surface area (Å²) in [6.07, 6.45) is 0.533. The molecule has 0 saturated carbocycles. The topological polar surface area (TPSA) is 69.7 Å². The number of hydrogen-bond donors (Lipinski definition) is 1. The molecule has 3 amide bonds. The van der Waals surface area contributed by atoms with Crippen molar-refractivity contribution in [1.29, 1.82) is 0 Å². The first kappa shape index (κ1) is 15.4. The van der Waals surface area contributed by atoms with E-state index < -0.39 is 0 Å². The number of nitrogens with zero attached hydrogens (tertiary/aromatic N) is 2. The van der Waals surface area contributed by atoms with Crippen molar-refractivity contribution in [3.63, 3.8) is 0 Å². The number of nitrogens with one attached hydrogen (secondary N) is 1. The minimum atomic E-state index is -0.257. The number of carbonyl (C=O) groups is 3. The number of amides is 3. The summed E-state index contributed by atoms with van der Waals surface area (Å²) < 4.78 is 0. The molecule has 0 unspecified atom stereocenters. The van der Waals surface area contributed by atoms with Gasteiger partial charge in [-0.1, -0.05) is 24.3 Å². The van der Waals surface area contributed by atoms with Crippen LogP contribution in [-0.2, 0) is 4.79 Å². The second kappa shape index (κ2) is 6.05. The van der Waals surface area contributed by atoms with Crippen LogP contribution in [0.2, 0.25) is 0 Å². The van der Waals surface area contributed by atoms with E-state index in [1.807, 2.05) is 24.3 Å². The lowest BCUT2D eigenvalue weighted by Gasteiger charge is -2.30. The highest BCUT2D eigenvalue weighted by Crippen LogP contribution is 2.29. The second-order valence-corrected chi connectivity index (χ2v) is 6.08. The lowest BCUT2D eigenvalue weighted by atomic mass is 10.1. The molecule has 2 aliphatic rings. The average molecular weight is 335 g/mol. The Balaban J connectivity index is 1.45. The molecule has 0 saturated heterocycles. The Morgan fingerprint density at radius 1 is 0.800 bits per heavy atom. The van der Waals surface area contributed by atoms with Gasteiger partial charge in [-0.05, 0) is 30.7 Å². The zero-order valence-electron chi connectivity index (χ0n) is 13.6. The van der Waals surface area contributed by atoms with E-state index in [4.69, 9.17) is 0 Å². The first-order chi connectivity index (χ1) is 12.2. The molecule has 0 spiro atoms. The SMILES string of the molecule is O=C1c2ccccc2C(=O)N1CCCN1C(=O)CNc2ccccc21. The van der Waals surface area contributed by atoms with E-state index in [0.29, 0.717) is 30.6 Å². The van der Waals surface area contributed by atoms with Crippen molar-refractivity contribution in [3.8, 4) is 0 Å². The van der Waals surface area contributed by atoms with Gasteiger partial charge in [-0.3, -0.25) is 19.3 Å². The van der Waals surface area contributed by atoms with Gasteiger partial charge in [0.1, 0.15) is 0 Å². The van der Waals surface area contributed by atoms with E-state index in [1.54, 1.807) is 29.2 Å². The molecular weight excluding hydrogens is 318 g/mol. The van der Waals surface area contributed by atoms with Gasteiger partial charge in [0.05, 0.1) is 29.0 Å². The van der Waals surface area contributed by atoms with Crippen LogP contribution in [0.4, 0.5) is 11.4 Å². The summed E-state index contributed by atoms with van der Waals surface area (Å²) in [7, 11) is 0. The lowest BCUT2D eigenvalue weighted by molar-refractivity contribution is -0.117. The van der Waals surface area contributed by atoms with Gasteiger partial charge in [0.2, 0.25) is 5.91 Å². The summed E-state index contributed by atoms with van der Waals surface area (Å²) >= 11 is 0. The summed E-state index contributed by atoms with van der Waals surface area (Å²) in [5, 5.41) is 3.09. The molecule has 0 radical (unpaired) electrons. The minimum absolute atomic E-state index is 0.0129. The fourth-order valence-corrected chi connectivity index (χ4v) is 3.33. The molecule has 2 heterocycles. The van der Waals surface area contributed by atoms with Crippen LogP contribution in [0.5, 0.6) is 0 Å². The summed E-state index contributed by atoms with van der Waals surface area (Å²) in [6.45, 7) is 1.01. The van der Waals surface area contributed by atoms with Gasteiger partial charge < -0.3 is 10.2 Å². The molecule has 2 aromatic rings. The molecule has 0 fully saturated rings. The van der Waals surface area contributed by atoms with E-state index in [1.165, 1.54) is 4.90 Å². The Morgan fingerprint density at radius 2 is 1.40 bits per heavy atom. The van der Waals surface area contributed by atoms with Crippen molar-refractivity contribution in [2.24, 2.45) is 0 Å². The van der Waals surface area contributed by atoms with Crippen molar-refractivity contribution in [1.82, 2.24) is 4.90 Å². The Hall–Kier alpha value is -3.15. The van der Waals surface area contributed by atoms with Crippen molar-refractivity contribution < 1.29 is 14.4 Å². The zero-order chi connectivity index (χ0) is 17.4. The number of hydrogen-bond acceptors (Lipinski definition) is 4. The zero-order valence-corrected chi connectivity index (χ0v) is 13.6. The molecule has 4 rings (SSSR count). The van der Waals surface area contributed by atoms with E-state index in [0.717, 1.165) is 11.4 Å². The van der Waals surface area contributed by atoms with Crippen LogP contribution in [0.1, 0.15) is 27.1 Å². The van der Waals surface area contributed by atoms with Crippen LogP contribution in [0, 0.1) is 0 Å². The summed E-state index contributed by atoms with van der Waals surface area (Å²) in [5.74, 6) is -0.527. The number of fused-ring (bicyclic) bond motifs is 2. The number of imide groups is 1. The van der Waals surface area contributed by atoms with Crippen LogP contribution in [0.25, 0.3) is 0 Å². The molecule has 6 heteroatoms. The fraction of sp³-hybridized carbons (Fsp3) is 0.211. The van der Waals surface area contributed by atoms with Gasteiger partial charge in [-0.25, -0.2) is 0 Å². The van der Waals surface area contributed by atoms with Gasteiger partial charge >= 0.3 is 0 Å². The predicted octanol–water partition coefficient (Wildman–Crippen LogP) is 2.13. The highest BCUT2D eigenvalue weighted by molar-refractivity contribution is 6.21. The minimum Gasteiger partial charge on any atom is -0.374 e. The molecule has 1 N–H and O–H groups in total. The lowest BCUT2D eigenvalue weighted by Crippen LogP contribution is -2.41. The van der Waals surface area contributed by atoms with Crippen LogP contribution < -0.4 is 10.2 Å². The second-order valence-electron chi connectivity index (χ2n) is 6.08. The number of rotatable bonds is 4. The molecular formula is C19H17N3O3. The fourth-order valence-electron chi connectivity index (χ4n) is 3.33. The molecule has 2 aliphatic heterocycles. The Morgan fingerprint density at radius 3 is 2.12 bits per heavy atom. The number of benzene rings is 2. The maximum atomic E-state index is 12.4. The van der Waals surface area contributed by atoms with E-state index >= 15 is 0 Å². The number of anilines is 2. The standard InChI is InChI=1S/C19H17N3O3/c23-17-12-20-15-8-3-4-9-16(15)21(17)10-5-11-22-18(24)13-6-1-2-7-14(13)19(22)25/h1-4,6-9,20H,5,10-12H2. The van der Waals surface area contributed by atoms with Gasteiger partial charge in [-0.15, -0.1) is 0 Å². The van der Waals surface area contributed by atoms with Gasteiger partial charge in [0.25, 0.3) is 11.8 Å². The molecule has 0 aliphatic carbocycles. The summed E-state index contributed by atoms with van der Waals surface area (Å²) in [4.78, 5) is 39.9. The smallest absolute Gasteiger partial charge is 0.261 e. The Bertz CT molecular complexity index is 843. The van der Waals surface area contributed by atoms with Crippen molar-refractivity contribution in [2.45, 2.75) is 6.42 Å². The summed E-state index contributed by atoms with van der Waals surface area (Å²) in [6, 6.07) is 14.5. The molecule has 0 bridgehead atoms. The van der Waals surface area contributed by atoms with Crippen molar-refractivity contribution in [3.05, 3.63) is 59.7 Å². The first-order valence-electron chi connectivity index (χ1n) is 8.25. The maximum absolute atomic E-state index is 12.4. The van der Waals surface area contributed by atoms with Crippen LogP contribution in [0.3, 0.4) is 0 Å². The quantitative estimate of drug-likeness (QED) is 0.869. The van der Waals surface area contributed by atoms with Crippen molar-refractivity contribution >= 4 is 29.1 Å². The maximum Gasteiger partial charge on any atom is 0.261 e.